The summed E-state index contributed by atoms with van der Waals surface area (Å²) in [6.07, 6.45) is 1.70. The zero-order chi connectivity index (χ0) is 11.7. The van der Waals surface area contributed by atoms with Gasteiger partial charge in [-0.3, -0.25) is 0 Å². The molecule has 3 heteroatoms. The molecule has 2 aromatic carbocycles. The van der Waals surface area contributed by atoms with Crippen molar-refractivity contribution >= 4 is 11.0 Å². The van der Waals surface area contributed by atoms with Gasteiger partial charge in [-0.15, -0.1) is 0 Å². The van der Waals surface area contributed by atoms with E-state index in [1.807, 2.05) is 42.5 Å². The molecule has 0 amide bonds. The van der Waals surface area contributed by atoms with E-state index < -0.39 is 0 Å². The van der Waals surface area contributed by atoms with Crippen molar-refractivity contribution in [3.63, 3.8) is 0 Å². The first-order valence-corrected chi connectivity index (χ1v) is 5.58. The average Bonchev–Trinajstić information content (AvgIpc) is 2.86. The number of H-pyrrole nitrogens is 1. The number of nitrogens with two attached hydrogens (primary N) is 1. The minimum atomic E-state index is -0.0936. The molecule has 1 unspecified atom stereocenters. The van der Waals surface area contributed by atoms with Crippen LogP contribution in [0.5, 0.6) is 0 Å². The standard InChI is InChI=1S/C14H13N3/c15-14(10-4-2-1-3-5-10)11-6-7-12-13(8-11)17-9-16-12/h1-9,14H,15H2,(H,16,17). The number of aromatic nitrogens is 2. The maximum Gasteiger partial charge on any atom is 0.0931 e. The molecule has 0 aliphatic carbocycles. The van der Waals surface area contributed by atoms with Crippen molar-refractivity contribution in [2.45, 2.75) is 6.04 Å². The number of hydrogen-bond acceptors (Lipinski definition) is 2. The van der Waals surface area contributed by atoms with Crippen molar-refractivity contribution in [1.29, 1.82) is 0 Å². The van der Waals surface area contributed by atoms with Crippen LogP contribution in [0, 0.1) is 0 Å². The Kier molecular flexibility index (Phi) is 2.38. The molecule has 0 aliphatic heterocycles. The summed E-state index contributed by atoms with van der Waals surface area (Å²) in [6, 6.07) is 16.1. The molecule has 3 aromatic rings. The van der Waals surface area contributed by atoms with Crippen molar-refractivity contribution in [2.75, 3.05) is 0 Å². The van der Waals surface area contributed by atoms with Crippen LogP contribution in [0.25, 0.3) is 11.0 Å². The van der Waals surface area contributed by atoms with Gasteiger partial charge in [-0.1, -0.05) is 36.4 Å². The predicted octanol–water partition coefficient (Wildman–Crippen LogP) is 2.61. The smallest absolute Gasteiger partial charge is 0.0931 e. The third-order valence-corrected chi connectivity index (χ3v) is 2.96. The van der Waals surface area contributed by atoms with Gasteiger partial charge < -0.3 is 10.7 Å². The third kappa shape index (κ3) is 1.81. The summed E-state index contributed by atoms with van der Waals surface area (Å²) in [5.41, 5.74) is 10.4. The highest BCUT2D eigenvalue weighted by Crippen LogP contribution is 2.21. The molecule has 1 aromatic heterocycles. The number of hydrogen-bond donors (Lipinski definition) is 2. The number of fused-ring (bicyclic) bond motifs is 1. The first-order valence-electron chi connectivity index (χ1n) is 5.58. The molecule has 0 spiro atoms. The quantitative estimate of drug-likeness (QED) is 0.701. The largest absolute Gasteiger partial charge is 0.345 e. The number of nitrogens with one attached hydrogen (secondary N) is 1. The van der Waals surface area contributed by atoms with Crippen LogP contribution < -0.4 is 5.73 Å². The second-order valence-electron chi connectivity index (χ2n) is 4.07. The summed E-state index contributed by atoms with van der Waals surface area (Å²) in [7, 11) is 0. The maximum atomic E-state index is 6.24. The Morgan fingerprint density at radius 1 is 1.00 bits per heavy atom. The summed E-state index contributed by atoms with van der Waals surface area (Å²) >= 11 is 0. The molecule has 0 saturated carbocycles. The molecule has 1 atom stereocenters. The monoisotopic (exact) mass is 223 g/mol. The summed E-state index contributed by atoms with van der Waals surface area (Å²) in [6.45, 7) is 0. The Morgan fingerprint density at radius 3 is 2.65 bits per heavy atom. The highest BCUT2D eigenvalue weighted by Gasteiger charge is 2.09. The minimum absolute atomic E-state index is 0.0936. The van der Waals surface area contributed by atoms with Gasteiger partial charge in [0.2, 0.25) is 0 Å². The van der Waals surface area contributed by atoms with Crippen LogP contribution in [0.3, 0.4) is 0 Å². The number of nitrogens with zero attached hydrogens (tertiary/aromatic N) is 1. The molecule has 0 fully saturated rings. The Morgan fingerprint density at radius 2 is 1.82 bits per heavy atom. The van der Waals surface area contributed by atoms with Crippen LogP contribution in [0.15, 0.2) is 54.9 Å². The van der Waals surface area contributed by atoms with Gasteiger partial charge in [0, 0.05) is 0 Å². The van der Waals surface area contributed by atoms with E-state index in [2.05, 4.69) is 16.0 Å². The van der Waals surface area contributed by atoms with E-state index in [0.717, 1.165) is 22.2 Å². The zero-order valence-electron chi connectivity index (χ0n) is 9.30. The third-order valence-electron chi connectivity index (χ3n) is 2.96. The fourth-order valence-electron chi connectivity index (χ4n) is 2.00. The fraction of sp³-hybridized carbons (Fsp3) is 0.0714. The lowest BCUT2D eigenvalue weighted by atomic mass is 9.99. The minimum Gasteiger partial charge on any atom is -0.345 e. The van der Waals surface area contributed by atoms with Gasteiger partial charge in [-0.2, -0.15) is 0 Å². The van der Waals surface area contributed by atoms with E-state index >= 15 is 0 Å². The second-order valence-corrected chi connectivity index (χ2v) is 4.07. The zero-order valence-corrected chi connectivity index (χ0v) is 9.30. The summed E-state index contributed by atoms with van der Waals surface area (Å²) < 4.78 is 0. The van der Waals surface area contributed by atoms with Crippen molar-refractivity contribution in [3.05, 3.63) is 66.0 Å². The van der Waals surface area contributed by atoms with Crippen LogP contribution in [-0.4, -0.2) is 9.97 Å². The van der Waals surface area contributed by atoms with Crippen LogP contribution in [0.2, 0.25) is 0 Å². The number of imidazole rings is 1. The van der Waals surface area contributed by atoms with Gasteiger partial charge in [-0.25, -0.2) is 4.98 Å². The Bertz CT molecular complexity index is 628. The van der Waals surface area contributed by atoms with E-state index in [-0.39, 0.29) is 6.04 Å². The molecule has 3 nitrogen and oxygen atoms in total. The second kappa shape index (κ2) is 4.03. The topological polar surface area (TPSA) is 54.7 Å². The molecular formula is C14H13N3. The Hall–Kier alpha value is -2.13. The van der Waals surface area contributed by atoms with Crippen molar-refractivity contribution in [1.82, 2.24) is 9.97 Å². The Balaban J connectivity index is 2.03. The molecule has 3 rings (SSSR count). The fourth-order valence-corrected chi connectivity index (χ4v) is 2.00. The van der Waals surface area contributed by atoms with E-state index in [1.54, 1.807) is 6.33 Å². The van der Waals surface area contributed by atoms with E-state index in [1.165, 1.54) is 0 Å². The van der Waals surface area contributed by atoms with Crippen LogP contribution in [0.1, 0.15) is 17.2 Å². The average molecular weight is 223 g/mol. The SMILES string of the molecule is NC(c1ccccc1)c1ccc2nc[nH]c2c1. The molecule has 3 N–H and O–H groups in total. The van der Waals surface area contributed by atoms with Gasteiger partial charge >= 0.3 is 0 Å². The highest BCUT2D eigenvalue weighted by molar-refractivity contribution is 5.75. The molecule has 0 bridgehead atoms. The highest BCUT2D eigenvalue weighted by atomic mass is 14.9. The summed E-state index contributed by atoms with van der Waals surface area (Å²) in [4.78, 5) is 7.30. The number of rotatable bonds is 2. The maximum absolute atomic E-state index is 6.24. The van der Waals surface area contributed by atoms with E-state index in [9.17, 15) is 0 Å². The molecule has 0 radical (unpaired) electrons. The summed E-state index contributed by atoms with van der Waals surface area (Å²) in [5, 5.41) is 0. The van der Waals surface area contributed by atoms with Gasteiger partial charge in [0.25, 0.3) is 0 Å². The van der Waals surface area contributed by atoms with Gasteiger partial charge in [0.05, 0.1) is 23.4 Å². The van der Waals surface area contributed by atoms with Crippen LogP contribution >= 0.6 is 0 Å². The van der Waals surface area contributed by atoms with Crippen LogP contribution in [0.4, 0.5) is 0 Å². The first kappa shape index (κ1) is 10.1. The molecular weight excluding hydrogens is 210 g/mol. The lowest BCUT2D eigenvalue weighted by Gasteiger charge is -2.12. The molecule has 1 heterocycles. The lowest BCUT2D eigenvalue weighted by Crippen LogP contribution is -2.11. The number of aromatic amines is 1. The normalized spacial score (nSPS) is 12.8. The van der Waals surface area contributed by atoms with Gasteiger partial charge in [0.15, 0.2) is 0 Å². The van der Waals surface area contributed by atoms with E-state index in [4.69, 9.17) is 5.73 Å². The van der Waals surface area contributed by atoms with Crippen LogP contribution in [-0.2, 0) is 0 Å². The predicted molar refractivity (Wildman–Crippen MR) is 68.6 cm³/mol. The molecule has 17 heavy (non-hydrogen) atoms. The molecule has 84 valence electrons. The van der Waals surface area contributed by atoms with Gasteiger partial charge in [-0.05, 0) is 23.3 Å². The molecule has 0 aliphatic rings. The Labute approximate surface area is 99.3 Å². The summed E-state index contributed by atoms with van der Waals surface area (Å²) in [5.74, 6) is 0. The van der Waals surface area contributed by atoms with Crippen molar-refractivity contribution < 1.29 is 0 Å². The van der Waals surface area contributed by atoms with Crippen molar-refractivity contribution in [2.24, 2.45) is 5.73 Å². The van der Waals surface area contributed by atoms with Gasteiger partial charge in [0.1, 0.15) is 0 Å². The van der Waals surface area contributed by atoms with E-state index in [0.29, 0.717) is 0 Å². The van der Waals surface area contributed by atoms with Crippen molar-refractivity contribution in [3.8, 4) is 0 Å². The lowest BCUT2D eigenvalue weighted by molar-refractivity contribution is 0.873. The number of benzene rings is 2. The first-order chi connectivity index (χ1) is 8.34. The molecule has 0 saturated heterocycles.